The molecule has 0 N–H and O–H groups in total. The topological polar surface area (TPSA) is 18.5 Å². The van der Waals surface area contributed by atoms with Crippen LogP contribution in [0.15, 0.2) is 0 Å². The Kier molecular flexibility index (Phi) is 4.77. The second-order valence-corrected chi connectivity index (χ2v) is 10.1. The van der Waals surface area contributed by atoms with Crippen LogP contribution in [0.3, 0.4) is 0 Å². The molecule has 7 unspecified atom stereocenters. The first-order valence-corrected chi connectivity index (χ1v) is 10.9. The van der Waals surface area contributed by atoms with E-state index in [1.807, 2.05) is 0 Å². The molecule has 4 aliphatic carbocycles. The lowest BCUT2D eigenvalue weighted by Gasteiger charge is -2.56. The summed E-state index contributed by atoms with van der Waals surface area (Å²) in [4.78, 5) is 0. The quantitative estimate of drug-likeness (QED) is 0.575. The molecule has 0 aromatic rings. The van der Waals surface area contributed by atoms with Crippen LogP contribution >= 0.6 is 0 Å². The number of hydrogen-bond donors (Lipinski definition) is 0. The predicted octanol–water partition coefficient (Wildman–Crippen LogP) is 6.04. The maximum absolute atomic E-state index is 6.14. The Labute approximate surface area is 155 Å². The van der Waals surface area contributed by atoms with Crippen LogP contribution in [0.1, 0.15) is 85.5 Å². The molecule has 0 bridgehead atoms. The Balaban J connectivity index is 0.00000157. The van der Waals surface area contributed by atoms with Gasteiger partial charge in [-0.1, -0.05) is 33.6 Å². The lowest BCUT2D eigenvalue weighted by Crippen LogP contribution is -2.51. The van der Waals surface area contributed by atoms with Gasteiger partial charge in [0.1, 0.15) is 0 Å². The minimum Gasteiger partial charge on any atom is -0.348 e. The molecule has 2 nitrogen and oxygen atoms in total. The summed E-state index contributed by atoms with van der Waals surface area (Å²) in [6.45, 7) is 6.43. The van der Waals surface area contributed by atoms with E-state index >= 15 is 0 Å². The molecule has 1 heterocycles. The molecule has 5 rings (SSSR count). The first-order valence-electron chi connectivity index (χ1n) is 10.9. The van der Waals surface area contributed by atoms with Gasteiger partial charge in [0, 0.05) is 5.92 Å². The van der Waals surface area contributed by atoms with E-state index in [2.05, 4.69) is 13.8 Å². The second-order valence-electron chi connectivity index (χ2n) is 10.1. The summed E-state index contributed by atoms with van der Waals surface area (Å²) in [6.07, 6.45) is 14.8. The molecule has 0 aromatic heterocycles. The highest BCUT2D eigenvalue weighted by atomic mass is 16.7. The first-order chi connectivity index (χ1) is 11.6. The molecule has 1 aliphatic heterocycles. The van der Waals surface area contributed by atoms with Crippen molar-refractivity contribution < 1.29 is 9.47 Å². The van der Waals surface area contributed by atoms with Gasteiger partial charge >= 0.3 is 0 Å². The van der Waals surface area contributed by atoms with Crippen molar-refractivity contribution in [2.75, 3.05) is 13.2 Å². The second kappa shape index (κ2) is 6.51. The lowest BCUT2D eigenvalue weighted by molar-refractivity contribution is -0.215. The van der Waals surface area contributed by atoms with E-state index in [9.17, 15) is 0 Å². The Bertz CT molecular complexity index is 482. The molecular weight excluding hydrogens is 308 g/mol. The molecule has 1 saturated heterocycles. The molecule has 7 atom stereocenters. The normalized spacial score (nSPS) is 51.1. The molecule has 5 fully saturated rings. The van der Waals surface area contributed by atoms with E-state index in [1.54, 1.807) is 6.42 Å². The lowest BCUT2D eigenvalue weighted by atomic mass is 9.49. The van der Waals surface area contributed by atoms with Crippen molar-refractivity contribution in [2.45, 2.75) is 91.3 Å². The number of hydrogen-bond acceptors (Lipinski definition) is 2. The van der Waals surface area contributed by atoms with Crippen molar-refractivity contribution >= 4 is 0 Å². The molecule has 2 heteroatoms. The van der Waals surface area contributed by atoms with Crippen LogP contribution in [-0.2, 0) is 9.47 Å². The zero-order chi connectivity index (χ0) is 16.4. The maximum Gasteiger partial charge on any atom is 0.169 e. The molecule has 4 saturated carbocycles. The van der Waals surface area contributed by atoms with Gasteiger partial charge in [-0.2, -0.15) is 0 Å². The van der Waals surface area contributed by atoms with E-state index in [-0.39, 0.29) is 13.2 Å². The molecule has 5 aliphatic rings. The number of fused-ring (bicyclic) bond motifs is 5. The minimum absolute atomic E-state index is 0. The van der Waals surface area contributed by atoms with E-state index < -0.39 is 0 Å². The van der Waals surface area contributed by atoms with Crippen molar-refractivity contribution in [3.8, 4) is 0 Å². The third-order valence-corrected chi connectivity index (χ3v) is 9.37. The van der Waals surface area contributed by atoms with E-state index in [0.717, 1.165) is 42.8 Å². The molecule has 0 spiro atoms. The fourth-order valence-corrected chi connectivity index (χ4v) is 8.42. The van der Waals surface area contributed by atoms with Crippen LogP contribution in [0.2, 0.25) is 0 Å². The molecule has 144 valence electrons. The summed E-state index contributed by atoms with van der Waals surface area (Å²) < 4.78 is 12.3. The van der Waals surface area contributed by atoms with E-state index in [1.165, 1.54) is 57.8 Å². The molecule has 25 heavy (non-hydrogen) atoms. The summed E-state index contributed by atoms with van der Waals surface area (Å²) >= 11 is 0. The molecule has 0 aromatic carbocycles. The zero-order valence-electron chi connectivity index (χ0n) is 15.8. The predicted molar refractivity (Wildman–Crippen MR) is 102 cm³/mol. The smallest absolute Gasteiger partial charge is 0.169 e. The molecular formula is C23H40O2. The van der Waals surface area contributed by atoms with Gasteiger partial charge in [0.2, 0.25) is 0 Å². The van der Waals surface area contributed by atoms with Crippen LogP contribution in [0, 0.1) is 40.9 Å². The summed E-state index contributed by atoms with van der Waals surface area (Å²) in [5.74, 6) is 5.49. The van der Waals surface area contributed by atoms with Gasteiger partial charge in [-0.15, -0.1) is 0 Å². The standard InChI is InChI=1S/C22H36O2.CH4/c1-21-12-11-17-16-6-4-3-5-15(16)7-8-18(17)19(21)9-10-20(21)22(2)23-13-14-24-22;/h15-20H,3-14H2,1-2H3;1H4. The van der Waals surface area contributed by atoms with Crippen LogP contribution in [0.5, 0.6) is 0 Å². The Morgan fingerprint density at radius 1 is 0.720 bits per heavy atom. The van der Waals surface area contributed by atoms with Gasteiger partial charge < -0.3 is 9.47 Å². The van der Waals surface area contributed by atoms with Crippen molar-refractivity contribution in [3.05, 3.63) is 0 Å². The van der Waals surface area contributed by atoms with Gasteiger partial charge in [0.25, 0.3) is 0 Å². The largest absolute Gasteiger partial charge is 0.348 e. The van der Waals surface area contributed by atoms with Crippen LogP contribution in [0.25, 0.3) is 0 Å². The Hall–Kier alpha value is -0.0800. The van der Waals surface area contributed by atoms with Gasteiger partial charge in [-0.3, -0.25) is 0 Å². The minimum atomic E-state index is -0.293. The van der Waals surface area contributed by atoms with Crippen LogP contribution in [-0.4, -0.2) is 19.0 Å². The average molecular weight is 349 g/mol. The Morgan fingerprint density at radius 2 is 1.48 bits per heavy atom. The summed E-state index contributed by atoms with van der Waals surface area (Å²) in [5, 5.41) is 0. The van der Waals surface area contributed by atoms with Crippen LogP contribution in [0.4, 0.5) is 0 Å². The fraction of sp³-hybridized carbons (Fsp3) is 1.00. The van der Waals surface area contributed by atoms with Gasteiger partial charge in [-0.05, 0) is 86.9 Å². The van der Waals surface area contributed by atoms with Gasteiger partial charge in [-0.25, -0.2) is 0 Å². The van der Waals surface area contributed by atoms with Crippen molar-refractivity contribution in [2.24, 2.45) is 40.9 Å². The highest BCUT2D eigenvalue weighted by Crippen LogP contribution is 2.66. The average Bonchev–Trinajstić information content (AvgIpc) is 3.18. The highest BCUT2D eigenvalue weighted by Gasteiger charge is 2.61. The summed E-state index contributed by atoms with van der Waals surface area (Å²) in [7, 11) is 0. The SMILES string of the molecule is C.CC1(C2CCC3C4CCC5CCCCC5C4CCC32C)OCCO1. The number of rotatable bonds is 1. The van der Waals surface area contributed by atoms with Crippen molar-refractivity contribution in [1.82, 2.24) is 0 Å². The Morgan fingerprint density at radius 3 is 2.28 bits per heavy atom. The number of ether oxygens (including phenoxy) is 2. The zero-order valence-corrected chi connectivity index (χ0v) is 15.8. The third-order valence-electron chi connectivity index (χ3n) is 9.37. The van der Waals surface area contributed by atoms with Crippen LogP contribution < -0.4 is 0 Å². The maximum atomic E-state index is 6.14. The highest BCUT2D eigenvalue weighted by molar-refractivity contribution is 5.08. The van der Waals surface area contributed by atoms with E-state index in [4.69, 9.17) is 9.47 Å². The van der Waals surface area contributed by atoms with Gasteiger partial charge in [0.05, 0.1) is 13.2 Å². The fourth-order valence-electron chi connectivity index (χ4n) is 8.42. The molecule has 0 amide bonds. The summed E-state index contributed by atoms with van der Waals surface area (Å²) in [5.41, 5.74) is 0.460. The van der Waals surface area contributed by atoms with E-state index in [0.29, 0.717) is 11.3 Å². The van der Waals surface area contributed by atoms with Crippen molar-refractivity contribution in [3.63, 3.8) is 0 Å². The monoisotopic (exact) mass is 348 g/mol. The summed E-state index contributed by atoms with van der Waals surface area (Å²) in [6, 6.07) is 0. The third kappa shape index (κ3) is 2.64. The van der Waals surface area contributed by atoms with Crippen molar-refractivity contribution in [1.29, 1.82) is 0 Å². The molecule has 0 radical (unpaired) electrons. The first kappa shape index (κ1) is 18.3. The van der Waals surface area contributed by atoms with Gasteiger partial charge in [0.15, 0.2) is 5.79 Å².